The Morgan fingerprint density at radius 2 is 1.95 bits per heavy atom. The van der Waals surface area contributed by atoms with Crippen molar-refractivity contribution in [3.63, 3.8) is 0 Å². The zero-order chi connectivity index (χ0) is 15.2. The molecule has 5 heteroatoms. The number of hydrogen-bond donors (Lipinski definition) is 1. The highest BCUT2D eigenvalue weighted by atomic mass is 35.5. The van der Waals surface area contributed by atoms with Crippen molar-refractivity contribution in [3.05, 3.63) is 50.1 Å². The first-order valence-corrected chi connectivity index (χ1v) is 8.64. The number of hydrogen-bond acceptors (Lipinski definition) is 3. The van der Waals surface area contributed by atoms with E-state index in [4.69, 9.17) is 27.9 Å². The Morgan fingerprint density at radius 1 is 1.19 bits per heavy atom. The highest BCUT2D eigenvalue weighted by Gasteiger charge is 2.21. The van der Waals surface area contributed by atoms with Gasteiger partial charge >= 0.3 is 0 Å². The molecule has 1 aromatic carbocycles. The Balaban J connectivity index is 2.40. The van der Waals surface area contributed by atoms with E-state index in [1.165, 1.54) is 11.3 Å². The first-order chi connectivity index (χ1) is 10.2. The summed E-state index contributed by atoms with van der Waals surface area (Å²) in [6, 6.07) is 9.98. The molecule has 1 atom stereocenters. The van der Waals surface area contributed by atoms with E-state index in [0.717, 1.165) is 34.2 Å². The quantitative estimate of drug-likeness (QED) is 0.712. The predicted molar refractivity (Wildman–Crippen MR) is 92.1 cm³/mol. The summed E-state index contributed by atoms with van der Waals surface area (Å²) in [4.78, 5) is 0. The van der Waals surface area contributed by atoms with E-state index in [9.17, 15) is 0 Å². The molecular weight excluding hydrogens is 325 g/mol. The van der Waals surface area contributed by atoms with Gasteiger partial charge in [0.15, 0.2) is 0 Å². The van der Waals surface area contributed by atoms with Crippen molar-refractivity contribution >= 4 is 34.5 Å². The van der Waals surface area contributed by atoms with Crippen molar-refractivity contribution in [3.8, 4) is 5.75 Å². The first-order valence-electron chi connectivity index (χ1n) is 7.07. The maximum absolute atomic E-state index is 6.34. The lowest BCUT2D eigenvalue weighted by Gasteiger charge is -2.21. The third-order valence-corrected chi connectivity index (χ3v) is 4.61. The molecule has 0 fully saturated rings. The second kappa shape index (κ2) is 8.04. The van der Waals surface area contributed by atoms with Gasteiger partial charge in [-0.1, -0.05) is 55.2 Å². The molecule has 1 N–H and O–H groups in total. The molecule has 0 bridgehead atoms. The lowest BCUT2D eigenvalue weighted by molar-refractivity contribution is 0.312. The zero-order valence-electron chi connectivity index (χ0n) is 12.2. The number of para-hydroxylation sites is 1. The SMILES string of the molecule is CCCOc1ccccc1C(NCC)c1cc(Cl)sc1Cl. The molecule has 1 aromatic heterocycles. The number of rotatable bonds is 7. The van der Waals surface area contributed by atoms with Crippen LogP contribution in [0.2, 0.25) is 8.67 Å². The number of halogens is 2. The van der Waals surface area contributed by atoms with Gasteiger partial charge in [0.05, 0.1) is 21.3 Å². The highest BCUT2D eigenvalue weighted by Crippen LogP contribution is 2.39. The molecule has 0 radical (unpaired) electrons. The van der Waals surface area contributed by atoms with Crippen molar-refractivity contribution in [2.45, 2.75) is 26.3 Å². The molecule has 2 rings (SSSR count). The molecule has 0 spiro atoms. The molecule has 2 aromatic rings. The van der Waals surface area contributed by atoms with Crippen LogP contribution in [-0.4, -0.2) is 13.2 Å². The number of ether oxygens (including phenoxy) is 1. The van der Waals surface area contributed by atoms with Gasteiger partial charge in [0.1, 0.15) is 5.75 Å². The summed E-state index contributed by atoms with van der Waals surface area (Å²) in [7, 11) is 0. The molecular formula is C16H19Cl2NOS. The molecule has 0 aliphatic heterocycles. The lowest BCUT2D eigenvalue weighted by Crippen LogP contribution is -2.22. The van der Waals surface area contributed by atoms with Gasteiger partial charge in [0.25, 0.3) is 0 Å². The predicted octanol–water partition coefficient (Wildman–Crippen LogP) is 5.54. The first kappa shape index (κ1) is 16.6. The van der Waals surface area contributed by atoms with E-state index in [0.29, 0.717) is 10.9 Å². The third-order valence-electron chi connectivity index (χ3n) is 3.09. The Labute approximate surface area is 140 Å². The maximum atomic E-state index is 6.34. The largest absolute Gasteiger partial charge is 0.493 e. The van der Waals surface area contributed by atoms with Gasteiger partial charge < -0.3 is 10.1 Å². The highest BCUT2D eigenvalue weighted by molar-refractivity contribution is 7.20. The van der Waals surface area contributed by atoms with Crippen LogP contribution in [0.25, 0.3) is 0 Å². The van der Waals surface area contributed by atoms with Gasteiger partial charge in [0, 0.05) is 11.1 Å². The van der Waals surface area contributed by atoms with Gasteiger partial charge in [-0.15, -0.1) is 11.3 Å². The van der Waals surface area contributed by atoms with Crippen LogP contribution in [0.1, 0.15) is 37.4 Å². The minimum absolute atomic E-state index is 0.0145. The molecule has 0 aliphatic carbocycles. The van der Waals surface area contributed by atoms with E-state index < -0.39 is 0 Å². The smallest absolute Gasteiger partial charge is 0.124 e. The van der Waals surface area contributed by atoms with Crippen LogP contribution in [0.15, 0.2) is 30.3 Å². The maximum Gasteiger partial charge on any atom is 0.124 e. The fraction of sp³-hybridized carbons (Fsp3) is 0.375. The van der Waals surface area contributed by atoms with Crippen LogP contribution in [-0.2, 0) is 0 Å². The van der Waals surface area contributed by atoms with Crippen molar-refractivity contribution in [2.24, 2.45) is 0 Å². The Morgan fingerprint density at radius 3 is 2.57 bits per heavy atom. The van der Waals surface area contributed by atoms with E-state index in [2.05, 4.69) is 25.2 Å². The average molecular weight is 344 g/mol. The second-order valence-electron chi connectivity index (χ2n) is 4.66. The monoisotopic (exact) mass is 343 g/mol. The Bertz CT molecular complexity index is 585. The van der Waals surface area contributed by atoms with Crippen molar-refractivity contribution < 1.29 is 4.74 Å². The molecule has 21 heavy (non-hydrogen) atoms. The minimum atomic E-state index is -0.0145. The number of thiophene rings is 1. The molecule has 2 nitrogen and oxygen atoms in total. The van der Waals surface area contributed by atoms with Crippen LogP contribution in [0, 0.1) is 0 Å². The number of benzene rings is 1. The summed E-state index contributed by atoms with van der Waals surface area (Å²) in [6.45, 7) is 5.70. The lowest BCUT2D eigenvalue weighted by atomic mass is 10.00. The van der Waals surface area contributed by atoms with Gasteiger partial charge in [-0.25, -0.2) is 0 Å². The van der Waals surface area contributed by atoms with Crippen LogP contribution in [0.4, 0.5) is 0 Å². The summed E-state index contributed by atoms with van der Waals surface area (Å²) in [6.07, 6.45) is 0.977. The van der Waals surface area contributed by atoms with Crippen LogP contribution in [0.5, 0.6) is 5.75 Å². The summed E-state index contributed by atoms with van der Waals surface area (Å²) in [5.41, 5.74) is 2.09. The normalized spacial score (nSPS) is 12.4. The van der Waals surface area contributed by atoms with E-state index in [1.807, 2.05) is 24.3 Å². The van der Waals surface area contributed by atoms with E-state index in [1.54, 1.807) is 0 Å². The second-order valence-corrected chi connectivity index (χ2v) is 6.94. The van der Waals surface area contributed by atoms with Crippen molar-refractivity contribution in [2.75, 3.05) is 13.2 Å². The van der Waals surface area contributed by atoms with Crippen LogP contribution >= 0.6 is 34.5 Å². The Kier molecular flexibility index (Phi) is 6.37. The molecule has 0 saturated heterocycles. The Hall–Kier alpha value is -0.740. The van der Waals surface area contributed by atoms with Gasteiger partial charge in [-0.05, 0) is 25.1 Å². The fourth-order valence-electron chi connectivity index (χ4n) is 2.20. The zero-order valence-corrected chi connectivity index (χ0v) is 14.5. The van der Waals surface area contributed by atoms with Gasteiger partial charge in [0.2, 0.25) is 0 Å². The summed E-state index contributed by atoms with van der Waals surface area (Å²) in [5.74, 6) is 0.892. The van der Waals surface area contributed by atoms with Crippen molar-refractivity contribution in [1.29, 1.82) is 0 Å². The fourth-order valence-corrected chi connectivity index (χ4v) is 3.74. The molecule has 0 saturated carbocycles. The summed E-state index contributed by atoms with van der Waals surface area (Å²) >= 11 is 13.8. The average Bonchev–Trinajstić information content (AvgIpc) is 2.81. The minimum Gasteiger partial charge on any atom is -0.493 e. The van der Waals surface area contributed by atoms with E-state index in [-0.39, 0.29) is 6.04 Å². The number of nitrogens with one attached hydrogen (secondary N) is 1. The molecule has 0 aliphatic rings. The van der Waals surface area contributed by atoms with Crippen LogP contribution in [0.3, 0.4) is 0 Å². The topological polar surface area (TPSA) is 21.3 Å². The van der Waals surface area contributed by atoms with Gasteiger partial charge in [-0.2, -0.15) is 0 Å². The third kappa shape index (κ3) is 4.13. The van der Waals surface area contributed by atoms with Crippen molar-refractivity contribution in [1.82, 2.24) is 5.32 Å². The van der Waals surface area contributed by atoms with Crippen LogP contribution < -0.4 is 10.1 Å². The van der Waals surface area contributed by atoms with E-state index >= 15 is 0 Å². The molecule has 1 unspecified atom stereocenters. The standard InChI is InChI=1S/C16H19Cl2NOS/c1-3-9-20-13-8-6-5-7-11(13)15(19-4-2)12-10-14(17)21-16(12)18/h5-8,10,15,19H,3-4,9H2,1-2H3. The summed E-state index contributed by atoms with van der Waals surface area (Å²) < 4.78 is 7.29. The molecule has 1 heterocycles. The summed E-state index contributed by atoms with van der Waals surface area (Å²) in [5, 5.41) is 3.47. The molecule has 0 amide bonds. The molecule has 114 valence electrons. The van der Waals surface area contributed by atoms with Gasteiger partial charge in [-0.3, -0.25) is 0 Å².